The Hall–Kier alpha value is -2.84. The summed E-state index contributed by atoms with van der Waals surface area (Å²) in [6.07, 6.45) is 2.29. The van der Waals surface area contributed by atoms with Crippen LogP contribution < -0.4 is 21.3 Å². The molecule has 0 aromatic heterocycles. The van der Waals surface area contributed by atoms with Crippen molar-refractivity contribution in [2.45, 2.75) is 51.0 Å². The van der Waals surface area contributed by atoms with Gasteiger partial charge in [0.05, 0.1) is 0 Å². The van der Waals surface area contributed by atoms with E-state index >= 15 is 0 Å². The van der Waals surface area contributed by atoms with Crippen molar-refractivity contribution in [1.82, 2.24) is 0 Å². The van der Waals surface area contributed by atoms with Crippen LogP contribution in [0.1, 0.15) is 31.9 Å². The standard InChI is InChI=1S/C32H35BSi/c1-32(2,3)33-28-18-10-12-20-30(28)34(31-21-13-11-19-29(31)33,24-22-26-14-6-4-7-15-26)25-23-27-16-8-5-9-17-27/h4-21H,22-25H2,1-3H3. The first-order chi connectivity index (χ1) is 16.5. The van der Waals surface area contributed by atoms with Crippen molar-refractivity contribution in [3.63, 3.8) is 0 Å². The van der Waals surface area contributed by atoms with Crippen LogP contribution in [0.15, 0.2) is 109 Å². The number of fused-ring (bicyclic) bond motifs is 2. The summed E-state index contributed by atoms with van der Waals surface area (Å²) in [5, 5.41) is 3.53. The molecule has 0 bridgehead atoms. The van der Waals surface area contributed by atoms with Gasteiger partial charge in [-0.05, 0) is 36.1 Å². The van der Waals surface area contributed by atoms with Crippen LogP contribution in [0.25, 0.3) is 0 Å². The maximum Gasteiger partial charge on any atom is 0.214 e. The molecule has 0 radical (unpaired) electrons. The number of hydrogen-bond acceptors (Lipinski definition) is 0. The maximum atomic E-state index is 2.49. The van der Waals surface area contributed by atoms with Crippen molar-refractivity contribution in [2.75, 3.05) is 0 Å². The highest BCUT2D eigenvalue weighted by Gasteiger charge is 2.48. The molecule has 1 aliphatic rings. The quantitative estimate of drug-likeness (QED) is 0.337. The van der Waals surface area contributed by atoms with Crippen LogP contribution in [0.4, 0.5) is 0 Å². The monoisotopic (exact) mass is 458 g/mol. The lowest BCUT2D eigenvalue weighted by Crippen LogP contribution is -2.77. The maximum absolute atomic E-state index is 2.49. The van der Waals surface area contributed by atoms with Gasteiger partial charge in [-0.2, -0.15) is 0 Å². The number of aryl methyl sites for hydroxylation is 2. The molecule has 0 fully saturated rings. The molecule has 0 aliphatic carbocycles. The van der Waals surface area contributed by atoms with Gasteiger partial charge in [0, 0.05) is 0 Å². The Kier molecular flexibility index (Phi) is 6.36. The van der Waals surface area contributed by atoms with Crippen LogP contribution in [0.5, 0.6) is 0 Å². The third-order valence-electron chi connectivity index (χ3n) is 7.81. The fraction of sp³-hybridized carbons (Fsp3) is 0.250. The van der Waals surface area contributed by atoms with Crippen molar-refractivity contribution in [2.24, 2.45) is 0 Å². The molecule has 0 spiro atoms. The average Bonchev–Trinajstić information content (AvgIpc) is 2.86. The molecule has 5 rings (SSSR count). The van der Waals surface area contributed by atoms with Gasteiger partial charge in [-0.3, -0.25) is 0 Å². The summed E-state index contributed by atoms with van der Waals surface area (Å²) in [6.45, 7) is 7.67. The molecule has 170 valence electrons. The molecule has 0 N–H and O–H groups in total. The van der Waals surface area contributed by atoms with E-state index in [4.69, 9.17) is 0 Å². The molecule has 0 atom stereocenters. The lowest BCUT2D eigenvalue weighted by molar-refractivity contribution is 0.750. The predicted octanol–water partition coefficient (Wildman–Crippen LogP) is 5.46. The largest absolute Gasteiger partial charge is 0.214 e. The zero-order chi connectivity index (χ0) is 23.6. The van der Waals surface area contributed by atoms with Gasteiger partial charge in [-0.1, -0.05) is 157 Å². The predicted molar refractivity (Wildman–Crippen MR) is 153 cm³/mol. The molecule has 0 saturated carbocycles. The van der Waals surface area contributed by atoms with Gasteiger partial charge in [-0.25, -0.2) is 0 Å². The molecular formula is C32H35BSi. The van der Waals surface area contributed by atoms with Crippen LogP contribution >= 0.6 is 0 Å². The molecule has 0 nitrogen and oxygen atoms in total. The van der Waals surface area contributed by atoms with Crippen molar-refractivity contribution < 1.29 is 0 Å². The summed E-state index contributed by atoms with van der Waals surface area (Å²) in [4.78, 5) is 0. The number of benzene rings is 4. The van der Waals surface area contributed by atoms with Gasteiger partial charge < -0.3 is 0 Å². The Labute approximate surface area is 207 Å². The van der Waals surface area contributed by atoms with E-state index in [1.54, 1.807) is 21.3 Å². The molecule has 34 heavy (non-hydrogen) atoms. The van der Waals surface area contributed by atoms with E-state index in [0.29, 0.717) is 6.71 Å². The molecule has 4 aromatic carbocycles. The van der Waals surface area contributed by atoms with Crippen molar-refractivity contribution >= 4 is 36.1 Å². The minimum atomic E-state index is -2.01. The minimum Gasteiger partial charge on any atom is -0.0739 e. The number of rotatable bonds is 6. The second-order valence-corrected chi connectivity index (χ2v) is 15.3. The first kappa shape index (κ1) is 22.9. The summed E-state index contributed by atoms with van der Waals surface area (Å²) >= 11 is 0. The summed E-state index contributed by atoms with van der Waals surface area (Å²) in [6, 6.07) is 43.7. The molecule has 0 amide bonds. The lowest BCUT2D eigenvalue weighted by atomic mass is 9.28. The summed E-state index contributed by atoms with van der Waals surface area (Å²) in [5.41, 5.74) is 6.09. The van der Waals surface area contributed by atoms with E-state index in [9.17, 15) is 0 Å². The van der Waals surface area contributed by atoms with E-state index in [1.807, 2.05) is 0 Å². The lowest BCUT2D eigenvalue weighted by Gasteiger charge is -2.45. The highest BCUT2D eigenvalue weighted by atomic mass is 28.3. The Morgan fingerprint density at radius 3 is 1.32 bits per heavy atom. The highest BCUT2D eigenvalue weighted by molar-refractivity contribution is 7.12. The van der Waals surface area contributed by atoms with Gasteiger partial charge in [0.2, 0.25) is 6.71 Å². The van der Waals surface area contributed by atoms with E-state index in [0.717, 1.165) is 12.8 Å². The molecule has 1 aliphatic heterocycles. The van der Waals surface area contributed by atoms with Crippen LogP contribution in [0.3, 0.4) is 0 Å². The van der Waals surface area contributed by atoms with E-state index in [1.165, 1.54) is 23.2 Å². The Bertz CT molecular complexity index is 1150. The second-order valence-electron chi connectivity index (χ2n) is 11.0. The van der Waals surface area contributed by atoms with Gasteiger partial charge in [0.1, 0.15) is 8.07 Å². The van der Waals surface area contributed by atoms with Crippen LogP contribution in [-0.4, -0.2) is 14.8 Å². The Morgan fingerprint density at radius 1 is 0.529 bits per heavy atom. The summed E-state index contributed by atoms with van der Waals surface area (Å²) in [7, 11) is -2.01. The third-order valence-corrected chi connectivity index (χ3v) is 13.0. The zero-order valence-electron chi connectivity index (χ0n) is 20.8. The van der Waals surface area contributed by atoms with E-state index in [-0.39, 0.29) is 5.31 Å². The van der Waals surface area contributed by atoms with E-state index < -0.39 is 8.07 Å². The van der Waals surface area contributed by atoms with Gasteiger partial charge in [0.25, 0.3) is 0 Å². The Balaban J connectivity index is 1.67. The fourth-order valence-electron chi connectivity index (χ4n) is 6.28. The van der Waals surface area contributed by atoms with Crippen molar-refractivity contribution in [1.29, 1.82) is 0 Å². The molecular weight excluding hydrogens is 423 g/mol. The van der Waals surface area contributed by atoms with Crippen molar-refractivity contribution in [3.8, 4) is 0 Å². The van der Waals surface area contributed by atoms with Gasteiger partial charge >= 0.3 is 0 Å². The van der Waals surface area contributed by atoms with Gasteiger partial charge in [-0.15, -0.1) is 0 Å². The first-order valence-electron chi connectivity index (χ1n) is 12.8. The summed E-state index contributed by atoms with van der Waals surface area (Å²) in [5.74, 6) is 0. The van der Waals surface area contributed by atoms with E-state index in [2.05, 4.69) is 130 Å². The second kappa shape index (κ2) is 9.43. The third kappa shape index (κ3) is 4.32. The van der Waals surface area contributed by atoms with Gasteiger partial charge in [0.15, 0.2) is 0 Å². The average molecular weight is 459 g/mol. The summed E-state index contributed by atoms with van der Waals surface area (Å²) < 4.78 is 0. The smallest absolute Gasteiger partial charge is 0.0739 e. The van der Waals surface area contributed by atoms with Crippen LogP contribution in [0, 0.1) is 0 Å². The van der Waals surface area contributed by atoms with Crippen LogP contribution in [0.2, 0.25) is 17.4 Å². The van der Waals surface area contributed by atoms with Crippen molar-refractivity contribution in [3.05, 3.63) is 120 Å². The zero-order valence-corrected chi connectivity index (χ0v) is 21.8. The molecule has 2 heteroatoms. The molecule has 0 saturated heterocycles. The minimum absolute atomic E-state index is 0.172. The normalized spacial score (nSPS) is 14.4. The molecule has 0 unspecified atom stereocenters. The molecule has 4 aromatic rings. The molecule has 1 heterocycles. The number of hydrogen-bond donors (Lipinski definition) is 0. The highest BCUT2D eigenvalue weighted by Crippen LogP contribution is 2.31. The SMILES string of the molecule is CC(C)(C)B1c2ccccc2[Si](CCc2ccccc2)(CCc2ccccc2)c2ccccc21. The Morgan fingerprint density at radius 2 is 0.912 bits per heavy atom. The topological polar surface area (TPSA) is 0 Å². The fourth-order valence-corrected chi connectivity index (χ4v) is 11.7. The first-order valence-corrected chi connectivity index (χ1v) is 15.2. The van der Waals surface area contributed by atoms with Crippen LogP contribution in [-0.2, 0) is 12.8 Å².